The number of aryl methyl sites for hydroxylation is 3. The number of rotatable bonds is 0. The average molecular weight is 1540 g/mol. The zero-order valence-electron chi connectivity index (χ0n) is 54.8. The molecular formula is C75H78O15S10. The maximum atomic E-state index is 11.5. The molecule has 0 N–H and O–H groups in total. The highest BCUT2D eigenvalue weighted by molar-refractivity contribution is 8.05. The van der Waals surface area contributed by atoms with Crippen LogP contribution in [-0.4, -0.2) is 133 Å². The van der Waals surface area contributed by atoms with Gasteiger partial charge in [0, 0.05) is 47.5 Å². The maximum Gasteiger partial charge on any atom is 0.185 e. The van der Waals surface area contributed by atoms with Gasteiger partial charge < -0.3 is 23.7 Å². The van der Waals surface area contributed by atoms with Crippen LogP contribution in [0.1, 0.15) is 36.0 Å². The SMILES string of the molecule is O=S1(=O)CCCc2ccccc21.O=S1(=O)CCOc2ccccc21.O=S1(=O)CCS(=O)(=O)c2ccccc21.O=S1CCCc2ccccc21.O=S1CCOc2ccccc21.c1ccc2c(c1)CCCS2.c1ccc2c(c1)OCCO2.c1ccc2c(c1)OCCS2.c1ccc2c(c1)SCCS2. The van der Waals surface area contributed by atoms with Crippen molar-refractivity contribution < 1.29 is 65.8 Å². The van der Waals surface area contributed by atoms with Gasteiger partial charge in [0.05, 0.1) is 76.6 Å². The van der Waals surface area contributed by atoms with Gasteiger partial charge in [-0.15, -0.1) is 47.0 Å². The fourth-order valence-electron chi connectivity index (χ4n) is 11.0. The van der Waals surface area contributed by atoms with E-state index in [1.807, 2.05) is 144 Å². The summed E-state index contributed by atoms with van der Waals surface area (Å²) in [7, 11) is -14.3. The van der Waals surface area contributed by atoms with Crippen molar-refractivity contribution in [1.29, 1.82) is 0 Å². The van der Waals surface area contributed by atoms with E-state index in [0.29, 0.717) is 46.9 Å². The summed E-state index contributed by atoms with van der Waals surface area (Å²) in [6.07, 6.45) is 6.46. The first-order valence-corrected chi connectivity index (χ1v) is 45.8. The van der Waals surface area contributed by atoms with E-state index in [9.17, 15) is 42.1 Å². The quantitative estimate of drug-likeness (QED) is 0.138. The Balaban J connectivity index is 0.000000122. The number of hydrogen-bond acceptors (Lipinski definition) is 19. The Morgan fingerprint density at radius 2 is 0.680 bits per heavy atom. The van der Waals surface area contributed by atoms with E-state index in [1.165, 1.54) is 79.5 Å². The highest BCUT2D eigenvalue weighted by Gasteiger charge is 2.33. The molecule has 0 aliphatic carbocycles. The van der Waals surface area contributed by atoms with Gasteiger partial charge in [-0.1, -0.05) is 127 Å². The molecule has 15 nitrogen and oxygen atoms in total. The average Bonchev–Trinajstić information content (AvgIpc) is 0.763. The number of para-hydroxylation sites is 5. The standard InChI is InChI=1S/C9H10O2S.C9H10OS.C9H10S.C8H8O4S2.C8H8O3S.C8H8O2S.C8H8O2.C8H8OS.C8H8S2/c10-12(11)7-3-5-8-4-1-2-6-9(8)12;10-11-7-3-5-8-4-1-2-6-9(8)11;1-2-6-9-8(4-1)5-3-7-10-9;9-13(10)5-6-14(11,12)8-4-2-1-3-7(8)13;9-12(10)6-5-11-7-3-1-2-4-8(7)12;9-11-6-5-10-7-3-1-2-4-8(7)11;3*1-2-4-8-7(3-1)9-5-6-10-8/h1-2,4,6H,3,5,7H2;1-2,4,6H,3,5,7H2;1-2,4,6H,3,5,7H2;1-4H,5-6H2;1-4H,5-6H2;1-4H,5-6H2;3*1-4H,5-6H2. The summed E-state index contributed by atoms with van der Waals surface area (Å²) in [6, 6.07) is 68.4. The topological polar surface area (TPSA) is 217 Å². The third kappa shape index (κ3) is 21.8. The summed E-state index contributed by atoms with van der Waals surface area (Å²) < 4.78 is 141. The first-order valence-electron chi connectivity index (χ1n) is 32.6. The zero-order chi connectivity index (χ0) is 70.2. The molecule has 9 heterocycles. The van der Waals surface area contributed by atoms with Crippen LogP contribution >= 0.6 is 47.0 Å². The summed E-state index contributed by atoms with van der Waals surface area (Å²) in [5.41, 5.74) is 3.79. The molecule has 9 aliphatic rings. The van der Waals surface area contributed by atoms with E-state index in [1.54, 1.807) is 42.0 Å². The molecule has 0 saturated heterocycles. The Bertz CT molecular complexity index is 4240. The lowest BCUT2D eigenvalue weighted by Crippen LogP contribution is -2.25. The second-order valence-electron chi connectivity index (χ2n) is 22.8. The Morgan fingerprint density at radius 1 is 0.270 bits per heavy atom. The van der Waals surface area contributed by atoms with Crippen molar-refractivity contribution in [3.63, 3.8) is 0 Å². The van der Waals surface area contributed by atoms with Gasteiger partial charge in [0.2, 0.25) is 0 Å². The van der Waals surface area contributed by atoms with Crippen LogP contribution in [0.4, 0.5) is 0 Å². The van der Waals surface area contributed by atoms with Crippen molar-refractivity contribution in [1.82, 2.24) is 0 Å². The number of fused-ring (bicyclic) bond motifs is 9. The molecule has 2 atom stereocenters. The van der Waals surface area contributed by atoms with Gasteiger partial charge in [-0.25, -0.2) is 33.7 Å². The first kappa shape index (κ1) is 76.1. The molecule has 100 heavy (non-hydrogen) atoms. The minimum absolute atomic E-state index is 0.0637. The molecule has 9 aliphatic heterocycles. The Morgan fingerprint density at radius 3 is 1.27 bits per heavy atom. The van der Waals surface area contributed by atoms with E-state index < -0.39 is 60.9 Å². The predicted octanol–water partition coefficient (Wildman–Crippen LogP) is 14.7. The maximum absolute atomic E-state index is 11.5. The van der Waals surface area contributed by atoms with Gasteiger partial charge in [-0.3, -0.25) is 8.42 Å². The van der Waals surface area contributed by atoms with Gasteiger partial charge in [0.15, 0.2) is 50.8 Å². The molecule has 9 aromatic rings. The van der Waals surface area contributed by atoms with E-state index in [-0.39, 0.29) is 33.7 Å². The molecule has 0 radical (unpaired) electrons. The highest BCUT2D eigenvalue weighted by Crippen LogP contribution is 2.37. The Hall–Kier alpha value is -6.52. The van der Waals surface area contributed by atoms with Crippen molar-refractivity contribution in [2.45, 2.75) is 87.5 Å². The minimum Gasteiger partial charge on any atom is -0.492 e. The molecule has 9 aromatic carbocycles. The molecule has 0 fully saturated rings. The zero-order valence-corrected chi connectivity index (χ0v) is 63.0. The lowest BCUT2D eigenvalue weighted by Gasteiger charge is -2.17. The molecule has 0 saturated carbocycles. The normalized spacial score (nSPS) is 19.1. The van der Waals surface area contributed by atoms with Crippen LogP contribution in [-0.2, 0) is 80.2 Å². The largest absolute Gasteiger partial charge is 0.492 e. The number of hydrogen-bond donors (Lipinski definition) is 0. The van der Waals surface area contributed by atoms with Crippen LogP contribution in [0.3, 0.4) is 0 Å². The van der Waals surface area contributed by atoms with Crippen LogP contribution in [0.2, 0.25) is 0 Å². The molecule has 0 spiro atoms. The molecule has 0 aromatic heterocycles. The van der Waals surface area contributed by atoms with E-state index in [4.69, 9.17) is 23.7 Å². The lowest BCUT2D eigenvalue weighted by atomic mass is 10.1. The molecule has 0 bridgehead atoms. The van der Waals surface area contributed by atoms with E-state index in [0.717, 1.165) is 82.1 Å². The fourth-order valence-corrected chi connectivity index (χ4v) is 24.6. The van der Waals surface area contributed by atoms with Crippen LogP contribution < -0.4 is 23.7 Å². The first-order chi connectivity index (χ1) is 48.5. The number of sulfone groups is 4. The molecule has 2 unspecified atom stereocenters. The Kier molecular flexibility index (Phi) is 28.6. The Labute approximate surface area is 610 Å². The third-order valence-corrected chi connectivity index (χ3v) is 31.1. The van der Waals surface area contributed by atoms with Crippen molar-refractivity contribution in [2.75, 3.05) is 90.6 Å². The van der Waals surface area contributed by atoms with Gasteiger partial charge in [-0.05, 0) is 152 Å². The van der Waals surface area contributed by atoms with Crippen LogP contribution in [0.15, 0.2) is 267 Å². The van der Waals surface area contributed by atoms with E-state index in [2.05, 4.69) is 60.7 Å². The molecule has 0 amide bonds. The van der Waals surface area contributed by atoms with Crippen LogP contribution in [0, 0.1) is 0 Å². The summed E-state index contributed by atoms with van der Waals surface area (Å²) in [6.45, 7) is 3.01. The number of benzene rings is 9. The highest BCUT2D eigenvalue weighted by atomic mass is 32.2. The molecular weight excluding hydrogens is 1460 g/mol. The number of thioether (sulfide) groups is 4. The minimum atomic E-state index is -3.39. The third-order valence-electron chi connectivity index (χ3n) is 15.9. The van der Waals surface area contributed by atoms with E-state index >= 15 is 0 Å². The van der Waals surface area contributed by atoms with Crippen LogP contribution in [0.5, 0.6) is 28.7 Å². The van der Waals surface area contributed by atoms with Crippen LogP contribution in [0.25, 0.3) is 0 Å². The molecule has 25 heteroatoms. The molecule has 18 rings (SSSR count). The van der Waals surface area contributed by atoms with Gasteiger partial charge in [0.25, 0.3) is 0 Å². The monoisotopic (exact) mass is 1540 g/mol. The van der Waals surface area contributed by atoms with Crippen molar-refractivity contribution in [3.8, 4) is 28.7 Å². The predicted molar refractivity (Wildman–Crippen MR) is 404 cm³/mol. The summed E-state index contributed by atoms with van der Waals surface area (Å²) in [5, 5.41) is 0. The lowest BCUT2D eigenvalue weighted by molar-refractivity contribution is 0.171. The molecule has 528 valence electrons. The van der Waals surface area contributed by atoms with Crippen molar-refractivity contribution >= 4 is 108 Å². The van der Waals surface area contributed by atoms with Gasteiger partial charge in [-0.2, -0.15) is 0 Å². The smallest absolute Gasteiger partial charge is 0.185 e. The van der Waals surface area contributed by atoms with Gasteiger partial charge in [0.1, 0.15) is 48.6 Å². The summed E-state index contributed by atoms with van der Waals surface area (Å²) >= 11 is 7.79. The van der Waals surface area contributed by atoms with Crippen molar-refractivity contribution in [2.24, 2.45) is 0 Å². The fraction of sp³-hybridized carbons (Fsp3) is 0.280. The van der Waals surface area contributed by atoms with Crippen molar-refractivity contribution in [3.05, 3.63) is 235 Å². The summed E-state index contributed by atoms with van der Waals surface area (Å²) in [5.74, 6) is 10.2. The number of ether oxygens (including phenoxy) is 5. The second kappa shape index (κ2) is 37.6. The summed E-state index contributed by atoms with van der Waals surface area (Å²) in [4.78, 5) is 8.29. The second-order valence-corrected chi connectivity index (χ2v) is 38.8. The van der Waals surface area contributed by atoms with Gasteiger partial charge >= 0.3 is 0 Å².